The van der Waals surface area contributed by atoms with E-state index in [1.165, 1.54) is 6.07 Å². The largest absolute Gasteiger partial charge is 0.393 e. The van der Waals surface area contributed by atoms with Crippen molar-refractivity contribution >= 4 is 55.8 Å². The van der Waals surface area contributed by atoms with Crippen LogP contribution < -0.4 is 10.8 Å². The van der Waals surface area contributed by atoms with Crippen molar-refractivity contribution < 1.29 is 23.5 Å². The van der Waals surface area contributed by atoms with Crippen molar-refractivity contribution in [1.29, 1.82) is 0 Å². The van der Waals surface area contributed by atoms with E-state index in [4.69, 9.17) is 4.84 Å². The smallest absolute Gasteiger partial charge is 0.277 e. The van der Waals surface area contributed by atoms with Gasteiger partial charge in [-0.1, -0.05) is 6.92 Å². The highest BCUT2D eigenvalue weighted by Crippen LogP contribution is 2.32. The van der Waals surface area contributed by atoms with Crippen LogP contribution in [0.1, 0.15) is 35.7 Å². The Morgan fingerprint density at radius 2 is 2.04 bits per heavy atom. The van der Waals surface area contributed by atoms with Gasteiger partial charge in [-0.2, -0.15) is 0 Å². The molecule has 5 nitrogen and oxygen atoms in total. The summed E-state index contributed by atoms with van der Waals surface area (Å²) in [4.78, 5) is 17.5. The van der Waals surface area contributed by atoms with E-state index in [1.807, 2.05) is 26.0 Å². The molecule has 0 bridgehead atoms. The predicted molar refractivity (Wildman–Crippen MR) is 116 cm³/mol. The lowest BCUT2D eigenvalue weighted by Gasteiger charge is -2.16. The zero-order valence-electron chi connectivity index (χ0n) is 15.3. The van der Waals surface area contributed by atoms with E-state index in [9.17, 15) is 18.7 Å². The minimum absolute atomic E-state index is 0.0879. The van der Waals surface area contributed by atoms with Crippen LogP contribution in [0.15, 0.2) is 28.7 Å². The number of nitrogens with one attached hydrogen (secondary N) is 2. The van der Waals surface area contributed by atoms with Crippen LogP contribution in [-0.2, 0) is 4.84 Å². The minimum atomic E-state index is -1.18. The van der Waals surface area contributed by atoms with E-state index in [1.54, 1.807) is 6.07 Å². The van der Waals surface area contributed by atoms with Gasteiger partial charge >= 0.3 is 0 Å². The van der Waals surface area contributed by atoms with Crippen LogP contribution in [0.3, 0.4) is 0 Å². The summed E-state index contributed by atoms with van der Waals surface area (Å²) in [5, 5.41) is 12.3. The number of hydroxylamine groups is 1. The van der Waals surface area contributed by atoms with Crippen molar-refractivity contribution in [2.24, 2.45) is 0 Å². The molecule has 0 saturated carbocycles. The summed E-state index contributed by atoms with van der Waals surface area (Å²) in [5.41, 5.74) is 3.14. The van der Waals surface area contributed by atoms with E-state index in [0.29, 0.717) is 18.5 Å². The fourth-order valence-electron chi connectivity index (χ4n) is 2.37. The lowest BCUT2D eigenvalue weighted by atomic mass is 10.1. The summed E-state index contributed by atoms with van der Waals surface area (Å²) in [6.45, 7) is 3.73. The number of rotatable bonds is 8. The van der Waals surface area contributed by atoms with Gasteiger partial charge in [0.25, 0.3) is 5.91 Å². The molecular formula is C19H20BrF2IN2O3. The first kappa shape index (κ1) is 23.0. The quantitative estimate of drug-likeness (QED) is 0.177. The summed E-state index contributed by atoms with van der Waals surface area (Å²) in [6, 6.07) is 6.59. The molecule has 0 heterocycles. The fraction of sp³-hybridized carbons (Fsp3) is 0.316. The van der Waals surface area contributed by atoms with Gasteiger partial charge in [0.2, 0.25) is 0 Å². The van der Waals surface area contributed by atoms with Gasteiger partial charge in [-0.25, -0.2) is 14.3 Å². The zero-order chi connectivity index (χ0) is 20.8. The van der Waals surface area contributed by atoms with Crippen molar-refractivity contribution in [2.75, 3.05) is 11.9 Å². The topological polar surface area (TPSA) is 70.6 Å². The van der Waals surface area contributed by atoms with Gasteiger partial charge in [-0.3, -0.25) is 9.63 Å². The predicted octanol–water partition coefficient (Wildman–Crippen LogP) is 5.21. The molecule has 1 amide bonds. The molecule has 0 spiro atoms. The summed E-state index contributed by atoms with van der Waals surface area (Å²) in [6.07, 6.45) is 0.373. The highest BCUT2D eigenvalue weighted by molar-refractivity contribution is 14.1. The first-order chi connectivity index (χ1) is 13.2. The third-order valence-electron chi connectivity index (χ3n) is 4.04. The third kappa shape index (κ3) is 5.85. The summed E-state index contributed by atoms with van der Waals surface area (Å²) in [5.74, 6) is -3.02. The number of hydrogen-bond acceptors (Lipinski definition) is 4. The van der Waals surface area contributed by atoms with Crippen LogP contribution in [0.25, 0.3) is 0 Å². The lowest BCUT2D eigenvalue weighted by Crippen LogP contribution is -2.26. The number of carbonyl (C=O) groups excluding carboxylic acids is 1. The normalized spacial score (nSPS) is 12.0. The minimum Gasteiger partial charge on any atom is -0.393 e. The Morgan fingerprint density at radius 3 is 2.68 bits per heavy atom. The lowest BCUT2D eigenvalue weighted by molar-refractivity contribution is 0.0161. The van der Waals surface area contributed by atoms with E-state index < -0.39 is 23.6 Å². The molecule has 0 radical (unpaired) electrons. The number of aryl methyl sites for hydroxylation is 1. The number of anilines is 2. The second-order valence-electron chi connectivity index (χ2n) is 6.12. The number of aliphatic hydroxyl groups is 1. The highest BCUT2D eigenvalue weighted by Gasteiger charge is 2.22. The van der Waals surface area contributed by atoms with E-state index in [2.05, 4.69) is 49.3 Å². The van der Waals surface area contributed by atoms with Crippen LogP contribution in [-0.4, -0.2) is 23.7 Å². The molecule has 152 valence electrons. The molecule has 0 saturated heterocycles. The van der Waals surface area contributed by atoms with Gasteiger partial charge < -0.3 is 10.4 Å². The Bertz CT molecular complexity index is 868. The van der Waals surface area contributed by atoms with Crippen LogP contribution in [0.4, 0.5) is 20.2 Å². The Hall–Kier alpha value is -1.30. The summed E-state index contributed by atoms with van der Waals surface area (Å²) >= 11 is 5.07. The van der Waals surface area contributed by atoms with Crippen molar-refractivity contribution in [3.63, 3.8) is 0 Å². The average molecular weight is 569 g/mol. The number of hydrogen-bond donors (Lipinski definition) is 3. The Morgan fingerprint density at radius 1 is 1.32 bits per heavy atom. The van der Waals surface area contributed by atoms with Crippen molar-refractivity contribution in [1.82, 2.24) is 5.48 Å². The first-order valence-electron chi connectivity index (χ1n) is 8.55. The SMILES string of the molecule is CCC(O)CCONC(=O)c1cc(Br)c(F)c(F)c1Nc1ccc(I)cc1C. The molecule has 3 N–H and O–H groups in total. The first-order valence-corrected chi connectivity index (χ1v) is 10.4. The summed E-state index contributed by atoms with van der Waals surface area (Å²) in [7, 11) is 0. The zero-order valence-corrected chi connectivity index (χ0v) is 19.0. The van der Waals surface area contributed by atoms with Crippen molar-refractivity contribution in [2.45, 2.75) is 32.8 Å². The molecule has 28 heavy (non-hydrogen) atoms. The average Bonchev–Trinajstić information content (AvgIpc) is 2.66. The molecule has 1 unspecified atom stereocenters. The van der Waals surface area contributed by atoms with Gasteiger partial charge in [-0.05, 0) is 88.1 Å². The van der Waals surface area contributed by atoms with Crippen LogP contribution in [0.5, 0.6) is 0 Å². The second-order valence-corrected chi connectivity index (χ2v) is 8.22. The number of amides is 1. The number of aliphatic hydroxyl groups excluding tert-OH is 1. The molecule has 2 rings (SSSR count). The second kappa shape index (κ2) is 10.5. The number of halogens is 4. The highest BCUT2D eigenvalue weighted by atomic mass is 127. The van der Waals surface area contributed by atoms with E-state index in [-0.39, 0.29) is 22.3 Å². The van der Waals surface area contributed by atoms with E-state index in [0.717, 1.165) is 9.13 Å². The fourth-order valence-corrected chi connectivity index (χ4v) is 3.42. The molecule has 0 aliphatic rings. The maximum absolute atomic E-state index is 14.6. The Labute approximate surface area is 184 Å². The number of carbonyl (C=O) groups is 1. The van der Waals surface area contributed by atoms with Gasteiger partial charge in [0.1, 0.15) is 0 Å². The molecule has 1 atom stereocenters. The molecular weight excluding hydrogens is 549 g/mol. The maximum Gasteiger partial charge on any atom is 0.277 e. The van der Waals surface area contributed by atoms with Gasteiger partial charge in [0, 0.05) is 9.26 Å². The van der Waals surface area contributed by atoms with Crippen LogP contribution >= 0.6 is 38.5 Å². The Kier molecular flexibility index (Phi) is 8.59. The monoisotopic (exact) mass is 568 g/mol. The summed E-state index contributed by atoms with van der Waals surface area (Å²) < 4.78 is 29.5. The van der Waals surface area contributed by atoms with Crippen molar-refractivity contribution in [3.8, 4) is 0 Å². The van der Waals surface area contributed by atoms with Crippen LogP contribution in [0.2, 0.25) is 0 Å². The molecule has 0 aliphatic carbocycles. The molecule has 0 fully saturated rings. The van der Waals surface area contributed by atoms with Crippen LogP contribution in [0, 0.1) is 22.1 Å². The molecule has 0 aliphatic heterocycles. The third-order valence-corrected chi connectivity index (χ3v) is 5.29. The molecule has 2 aromatic rings. The maximum atomic E-state index is 14.6. The van der Waals surface area contributed by atoms with Gasteiger partial charge in [-0.15, -0.1) is 0 Å². The molecule has 0 aromatic heterocycles. The molecule has 2 aromatic carbocycles. The van der Waals surface area contributed by atoms with Gasteiger partial charge in [0.05, 0.1) is 28.4 Å². The molecule has 9 heteroatoms. The van der Waals surface area contributed by atoms with Gasteiger partial charge in [0.15, 0.2) is 11.6 Å². The Balaban J connectivity index is 2.26. The van der Waals surface area contributed by atoms with E-state index >= 15 is 0 Å². The number of benzene rings is 2. The van der Waals surface area contributed by atoms with Crippen molar-refractivity contribution in [3.05, 3.63) is 55.1 Å². The standard InChI is InChI=1S/C19H20BrF2IN2O3/c1-3-12(26)6-7-28-25-19(27)13-9-14(20)16(21)17(22)18(13)24-15-5-4-11(23)8-10(15)2/h4-5,8-9,12,24,26H,3,6-7H2,1-2H3,(H,25,27).